The fourth-order valence-electron chi connectivity index (χ4n) is 3.25. The topological polar surface area (TPSA) is 55.8 Å². The van der Waals surface area contributed by atoms with Gasteiger partial charge < -0.3 is 9.47 Å². The van der Waals surface area contributed by atoms with Crippen LogP contribution in [0.1, 0.15) is 16.7 Å². The predicted molar refractivity (Wildman–Crippen MR) is 144 cm³/mol. The minimum absolute atomic E-state index is 0.238. The highest BCUT2D eigenvalue weighted by Crippen LogP contribution is 2.36. The van der Waals surface area contributed by atoms with Gasteiger partial charge in [0.1, 0.15) is 6.61 Å². The highest BCUT2D eigenvalue weighted by atomic mass is 127. The Bertz CT molecular complexity index is 1280. The number of hydrogen-bond acceptors (Lipinski definition) is 5. The van der Waals surface area contributed by atoms with Crippen molar-refractivity contribution in [3.63, 3.8) is 0 Å². The van der Waals surface area contributed by atoms with Crippen molar-refractivity contribution in [3.05, 3.63) is 95.9 Å². The summed E-state index contributed by atoms with van der Waals surface area (Å²) in [5.74, 6) is 0.708. The molecular formula is C25H18Cl2INO4S. The first kappa shape index (κ1) is 24.9. The van der Waals surface area contributed by atoms with Crippen molar-refractivity contribution < 1.29 is 19.1 Å². The molecule has 0 aromatic heterocycles. The molecule has 0 atom stereocenters. The number of hydrogen-bond donors (Lipinski definition) is 0. The first-order valence-electron chi connectivity index (χ1n) is 10.1. The maximum Gasteiger partial charge on any atom is 0.293 e. The molecule has 9 heteroatoms. The standard InChI is InChI=1S/C25H18Cl2INO4S/c1-32-22-10-16(4-9-21(22)33-14-17-5-6-18(26)12-20(17)27)11-23-24(30)29(25(31)34-23)13-15-2-7-19(28)8-3-15/h2-12H,13-14H2,1H3/b23-11+. The van der Waals surface area contributed by atoms with Gasteiger partial charge >= 0.3 is 0 Å². The van der Waals surface area contributed by atoms with Crippen LogP contribution in [0, 0.1) is 3.57 Å². The van der Waals surface area contributed by atoms with Gasteiger partial charge in [0.05, 0.1) is 18.6 Å². The van der Waals surface area contributed by atoms with E-state index in [-0.39, 0.29) is 24.3 Å². The van der Waals surface area contributed by atoms with Crippen LogP contribution in [0.4, 0.5) is 4.79 Å². The van der Waals surface area contributed by atoms with Crippen molar-refractivity contribution in [3.8, 4) is 11.5 Å². The maximum absolute atomic E-state index is 12.9. The van der Waals surface area contributed by atoms with Crippen molar-refractivity contribution in [1.82, 2.24) is 4.90 Å². The number of methoxy groups -OCH3 is 1. The molecule has 34 heavy (non-hydrogen) atoms. The summed E-state index contributed by atoms with van der Waals surface area (Å²) in [5.41, 5.74) is 2.40. The lowest BCUT2D eigenvalue weighted by Crippen LogP contribution is -2.27. The van der Waals surface area contributed by atoms with E-state index in [0.29, 0.717) is 32.0 Å². The molecule has 174 valence electrons. The molecule has 3 aromatic rings. The maximum atomic E-state index is 12.9. The Morgan fingerprint density at radius 3 is 2.47 bits per heavy atom. The van der Waals surface area contributed by atoms with E-state index in [9.17, 15) is 9.59 Å². The molecule has 0 N–H and O–H groups in total. The number of nitrogens with zero attached hydrogens (tertiary/aromatic N) is 1. The summed E-state index contributed by atoms with van der Waals surface area (Å²) in [6.45, 7) is 0.478. The third-order valence-electron chi connectivity index (χ3n) is 5.01. The fraction of sp³-hybridized carbons (Fsp3) is 0.120. The summed E-state index contributed by atoms with van der Waals surface area (Å²) in [4.78, 5) is 26.9. The highest BCUT2D eigenvalue weighted by Gasteiger charge is 2.35. The van der Waals surface area contributed by atoms with Crippen molar-refractivity contribution in [2.24, 2.45) is 0 Å². The lowest BCUT2D eigenvalue weighted by Gasteiger charge is -2.13. The molecule has 1 aliphatic heterocycles. The van der Waals surface area contributed by atoms with Crippen LogP contribution >= 0.6 is 57.6 Å². The van der Waals surface area contributed by atoms with Gasteiger partial charge in [-0.15, -0.1) is 0 Å². The van der Waals surface area contributed by atoms with E-state index in [1.165, 1.54) is 12.0 Å². The molecule has 1 fully saturated rings. The molecule has 4 rings (SSSR count). The second-order valence-electron chi connectivity index (χ2n) is 7.33. The molecule has 0 unspecified atom stereocenters. The van der Waals surface area contributed by atoms with Crippen LogP contribution in [0.5, 0.6) is 11.5 Å². The number of thioether (sulfide) groups is 1. The van der Waals surface area contributed by atoms with E-state index in [2.05, 4.69) is 22.6 Å². The van der Waals surface area contributed by atoms with Gasteiger partial charge in [-0.25, -0.2) is 0 Å². The molecular weight excluding hydrogens is 608 g/mol. The minimum atomic E-state index is -0.315. The predicted octanol–water partition coefficient (Wildman–Crippen LogP) is 7.42. The molecule has 0 saturated carbocycles. The largest absolute Gasteiger partial charge is 0.493 e. The van der Waals surface area contributed by atoms with Gasteiger partial charge in [0.15, 0.2) is 11.5 Å². The van der Waals surface area contributed by atoms with Crippen LogP contribution in [0.15, 0.2) is 65.6 Å². The van der Waals surface area contributed by atoms with Gasteiger partial charge in [0.2, 0.25) is 0 Å². The Morgan fingerprint density at radius 2 is 1.76 bits per heavy atom. The Morgan fingerprint density at radius 1 is 1.00 bits per heavy atom. The normalized spacial score (nSPS) is 14.7. The fourth-order valence-corrected chi connectivity index (χ4v) is 4.91. The average molecular weight is 626 g/mol. The van der Waals surface area contributed by atoms with Crippen LogP contribution in [0.25, 0.3) is 6.08 Å². The van der Waals surface area contributed by atoms with Crippen LogP contribution in [0.3, 0.4) is 0 Å². The third kappa shape index (κ3) is 5.89. The molecule has 0 radical (unpaired) electrons. The molecule has 3 aromatic carbocycles. The Labute approximate surface area is 225 Å². The molecule has 0 bridgehead atoms. The van der Waals surface area contributed by atoms with Gasteiger partial charge in [-0.3, -0.25) is 14.5 Å². The van der Waals surface area contributed by atoms with E-state index in [0.717, 1.165) is 26.5 Å². The van der Waals surface area contributed by atoms with Crippen LogP contribution in [-0.4, -0.2) is 23.2 Å². The lowest BCUT2D eigenvalue weighted by atomic mass is 10.1. The Balaban J connectivity index is 1.48. The zero-order valence-corrected chi connectivity index (χ0v) is 22.4. The monoisotopic (exact) mass is 625 g/mol. The lowest BCUT2D eigenvalue weighted by molar-refractivity contribution is -0.123. The van der Waals surface area contributed by atoms with Gasteiger partial charge in [-0.2, -0.15) is 0 Å². The highest BCUT2D eigenvalue weighted by molar-refractivity contribution is 14.1. The van der Waals surface area contributed by atoms with Gasteiger partial charge in [-0.1, -0.05) is 47.5 Å². The van der Waals surface area contributed by atoms with E-state index >= 15 is 0 Å². The van der Waals surface area contributed by atoms with Crippen molar-refractivity contribution in [2.45, 2.75) is 13.2 Å². The number of carbonyl (C=O) groups excluding carboxylic acids is 2. The molecule has 2 amide bonds. The van der Waals surface area contributed by atoms with Crippen LogP contribution < -0.4 is 9.47 Å². The molecule has 1 saturated heterocycles. The van der Waals surface area contributed by atoms with Gasteiger partial charge in [0, 0.05) is 19.2 Å². The van der Waals surface area contributed by atoms with E-state index in [4.69, 9.17) is 32.7 Å². The molecule has 0 spiro atoms. The number of amides is 2. The Hall–Kier alpha value is -2.20. The number of rotatable bonds is 7. The Kier molecular flexibility index (Phi) is 8.08. The summed E-state index contributed by atoms with van der Waals surface area (Å²) in [6, 6.07) is 18.2. The SMILES string of the molecule is COc1cc(/C=C2/SC(=O)N(Cc3ccc(I)cc3)C2=O)ccc1OCc1ccc(Cl)cc1Cl. The van der Waals surface area contributed by atoms with Gasteiger partial charge in [-0.05, 0) is 88.0 Å². The summed E-state index contributed by atoms with van der Waals surface area (Å²) in [5, 5.41) is 0.782. The summed E-state index contributed by atoms with van der Waals surface area (Å²) in [7, 11) is 1.54. The van der Waals surface area contributed by atoms with Crippen molar-refractivity contribution in [2.75, 3.05) is 7.11 Å². The number of ether oxygens (including phenoxy) is 2. The quantitative estimate of drug-likeness (QED) is 0.202. The number of benzene rings is 3. The summed E-state index contributed by atoms with van der Waals surface area (Å²) < 4.78 is 12.4. The summed E-state index contributed by atoms with van der Waals surface area (Å²) >= 11 is 15.3. The molecule has 0 aliphatic carbocycles. The minimum Gasteiger partial charge on any atom is -0.493 e. The van der Waals surface area contributed by atoms with E-state index in [1.54, 1.807) is 42.5 Å². The van der Waals surface area contributed by atoms with E-state index in [1.807, 2.05) is 24.3 Å². The third-order valence-corrected chi connectivity index (χ3v) is 7.22. The van der Waals surface area contributed by atoms with Crippen molar-refractivity contribution >= 4 is 74.8 Å². The van der Waals surface area contributed by atoms with Crippen molar-refractivity contribution in [1.29, 1.82) is 0 Å². The number of carbonyl (C=O) groups is 2. The zero-order valence-electron chi connectivity index (χ0n) is 17.9. The first-order chi connectivity index (χ1) is 16.3. The molecule has 1 heterocycles. The summed E-state index contributed by atoms with van der Waals surface area (Å²) in [6.07, 6.45) is 1.68. The van der Waals surface area contributed by atoms with Crippen LogP contribution in [0.2, 0.25) is 10.0 Å². The number of imide groups is 1. The molecule has 5 nitrogen and oxygen atoms in total. The molecule has 1 aliphatic rings. The second kappa shape index (κ2) is 11.0. The van der Waals surface area contributed by atoms with Crippen LogP contribution in [-0.2, 0) is 17.9 Å². The van der Waals surface area contributed by atoms with E-state index < -0.39 is 0 Å². The second-order valence-corrected chi connectivity index (χ2v) is 10.4. The average Bonchev–Trinajstić information content (AvgIpc) is 3.07. The first-order valence-corrected chi connectivity index (χ1v) is 12.7. The zero-order chi connectivity index (χ0) is 24.2. The smallest absolute Gasteiger partial charge is 0.293 e. The van der Waals surface area contributed by atoms with Gasteiger partial charge in [0.25, 0.3) is 11.1 Å². The number of halogens is 3.